The number of nitrogen functional groups attached to an aromatic ring is 1. The molecule has 6 heteroatoms. The lowest BCUT2D eigenvalue weighted by molar-refractivity contribution is 0.282. The summed E-state index contributed by atoms with van der Waals surface area (Å²) in [4.78, 5) is 0. The van der Waals surface area contributed by atoms with Gasteiger partial charge in [-0.2, -0.15) is 5.10 Å². The van der Waals surface area contributed by atoms with E-state index < -0.39 is 0 Å². The summed E-state index contributed by atoms with van der Waals surface area (Å²) < 4.78 is 6.76. The minimum Gasteiger partial charge on any atom is -0.494 e. The maximum absolute atomic E-state index is 9.04. The summed E-state index contributed by atoms with van der Waals surface area (Å²) in [5, 5.41) is 13.2. The Kier molecular flexibility index (Phi) is 5.16. The van der Waals surface area contributed by atoms with Gasteiger partial charge in [-0.15, -0.1) is 0 Å². The number of methoxy groups -OCH3 is 1. The van der Waals surface area contributed by atoms with Gasteiger partial charge in [0.1, 0.15) is 17.3 Å². The molecule has 1 aromatic heterocycles. The molecule has 0 saturated carbocycles. The lowest BCUT2D eigenvalue weighted by atomic mass is 10.3. The van der Waals surface area contributed by atoms with E-state index in [0.29, 0.717) is 17.1 Å². The number of aromatic nitrogens is 2. The van der Waals surface area contributed by atoms with Crippen LogP contribution < -0.4 is 16.2 Å². The number of aliphatic hydroxyl groups is 1. The van der Waals surface area contributed by atoms with Crippen LogP contribution >= 0.6 is 0 Å². The molecule has 0 aliphatic carbocycles. The second-order valence-corrected chi connectivity index (χ2v) is 3.30. The maximum Gasteiger partial charge on any atom is 0.144 e. The number of para-hydroxylation sites is 2. The number of nitrogens with zero attached hydrogens (tertiary/aromatic N) is 2. The highest BCUT2D eigenvalue weighted by Gasteiger charge is 2.11. The Morgan fingerprint density at radius 2 is 2.00 bits per heavy atom. The maximum atomic E-state index is 9.04. The molecule has 0 bridgehead atoms. The van der Waals surface area contributed by atoms with Crippen LogP contribution in [0.3, 0.4) is 0 Å². The van der Waals surface area contributed by atoms with Gasteiger partial charge in [-0.3, -0.25) is 0 Å². The number of rotatable bonds is 3. The van der Waals surface area contributed by atoms with Gasteiger partial charge in [0.15, 0.2) is 0 Å². The van der Waals surface area contributed by atoms with Crippen LogP contribution in [0.2, 0.25) is 0 Å². The van der Waals surface area contributed by atoms with Crippen molar-refractivity contribution in [3.63, 3.8) is 0 Å². The molecule has 0 spiro atoms. The molecule has 2 rings (SSSR count). The lowest BCUT2D eigenvalue weighted by Gasteiger charge is -2.09. The first kappa shape index (κ1) is 14.0. The number of hydrogen-bond donors (Lipinski definition) is 3. The molecule has 1 aromatic carbocycles. The van der Waals surface area contributed by atoms with Gasteiger partial charge in [-0.05, 0) is 19.2 Å². The summed E-state index contributed by atoms with van der Waals surface area (Å²) in [6, 6.07) is 7.42. The van der Waals surface area contributed by atoms with Crippen LogP contribution in [0.1, 0.15) is 5.56 Å². The molecule has 0 atom stereocenters. The highest BCUT2D eigenvalue weighted by Crippen LogP contribution is 2.25. The minimum absolute atomic E-state index is 0.124. The Bertz CT molecular complexity index is 497. The zero-order valence-electron chi connectivity index (χ0n) is 10.5. The van der Waals surface area contributed by atoms with Crippen molar-refractivity contribution in [1.29, 1.82) is 0 Å². The van der Waals surface area contributed by atoms with E-state index in [1.807, 2.05) is 24.3 Å². The van der Waals surface area contributed by atoms with E-state index in [1.165, 1.54) is 7.05 Å². The fourth-order valence-corrected chi connectivity index (χ4v) is 1.51. The van der Waals surface area contributed by atoms with Crippen molar-refractivity contribution < 1.29 is 9.84 Å². The minimum atomic E-state index is -0.124. The van der Waals surface area contributed by atoms with E-state index in [9.17, 15) is 0 Å². The van der Waals surface area contributed by atoms with Crippen LogP contribution in [0.15, 0.2) is 30.5 Å². The van der Waals surface area contributed by atoms with Crippen molar-refractivity contribution in [3.05, 3.63) is 36.0 Å². The molecule has 18 heavy (non-hydrogen) atoms. The molecule has 0 unspecified atom stereocenters. The Morgan fingerprint density at radius 1 is 1.33 bits per heavy atom. The zero-order chi connectivity index (χ0) is 13.5. The second-order valence-electron chi connectivity index (χ2n) is 3.30. The van der Waals surface area contributed by atoms with Gasteiger partial charge in [0.2, 0.25) is 0 Å². The first-order valence-corrected chi connectivity index (χ1v) is 5.42. The normalized spacial score (nSPS) is 9.56. The van der Waals surface area contributed by atoms with Crippen molar-refractivity contribution in [1.82, 2.24) is 9.78 Å². The summed E-state index contributed by atoms with van der Waals surface area (Å²) in [5.74, 6) is 1.11. The SMILES string of the molecule is CN.COc1ccccc1-n1ncc(CO)c1N. The van der Waals surface area contributed by atoms with Crippen molar-refractivity contribution in [2.75, 3.05) is 19.9 Å². The molecule has 0 aliphatic rings. The van der Waals surface area contributed by atoms with Crippen LogP contribution in [0.4, 0.5) is 5.82 Å². The molecule has 98 valence electrons. The predicted molar refractivity (Wildman–Crippen MR) is 70.6 cm³/mol. The van der Waals surface area contributed by atoms with Gasteiger partial charge in [0.05, 0.1) is 19.9 Å². The fourth-order valence-electron chi connectivity index (χ4n) is 1.51. The average Bonchev–Trinajstić information content (AvgIpc) is 2.82. The number of aliphatic hydroxyl groups excluding tert-OH is 1. The molecule has 0 aliphatic heterocycles. The van der Waals surface area contributed by atoms with Gasteiger partial charge < -0.3 is 21.3 Å². The molecular weight excluding hydrogens is 232 g/mol. The van der Waals surface area contributed by atoms with Crippen molar-refractivity contribution in [2.24, 2.45) is 5.73 Å². The molecular formula is C12H18N4O2. The van der Waals surface area contributed by atoms with Crippen LogP contribution in [-0.4, -0.2) is 29.0 Å². The Labute approximate surface area is 106 Å². The Balaban J connectivity index is 0.000000771. The first-order valence-electron chi connectivity index (χ1n) is 5.42. The van der Waals surface area contributed by atoms with Crippen LogP contribution in [-0.2, 0) is 6.61 Å². The second kappa shape index (κ2) is 6.63. The molecule has 0 saturated heterocycles. The van der Waals surface area contributed by atoms with E-state index in [1.54, 1.807) is 18.0 Å². The van der Waals surface area contributed by atoms with Gasteiger partial charge >= 0.3 is 0 Å². The number of benzene rings is 1. The third-order valence-corrected chi connectivity index (χ3v) is 2.37. The van der Waals surface area contributed by atoms with Gasteiger partial charge in [-0.1, -0.05) is 12.1 Å². The van der Waals surface area contributed by atoms with Gasteiger partial charge in [0, 0.05) is 5.56 Å². The Hall–Kier alpha value is -2.05. The number of nitrogens with two attached hydrogens (primary N) is 2. The molecule has 0 radical (unpaired) electrons. The molecule has 0 fully saturated rings. The summed E-state index contributed by atoms with van der Waals surface area (Å²) in [5.41, 5.74) is 11.7. The van der Waals surface area contributed by atoms with E-state index in [-0.39, 0.29) is 6.61 Å². The van der Waals surface area contributed by atoms with Crippen molar-refractivity contribution >= 4 is 5.82 Å². The fraction of sp³-hybridized carbons (Fsp3) is 0.250. The smallest absolute Gasteiger partial charge is 0.144 e. The number of anilines is 1. The van der Waals surface area contributed by atoms with Crippen LogP contribution in [0.5, 0.6) is 5.75 Å². The van der Waals surface area contributed by atoms with Crippen LogP contribution in [0, 0.1) is 0 Å². The summed E-state index contributed by atoms with van der Waals surface area (Å²) >= 11 is 0. The zero-order valence-corrected chi connectivity index (χ0v) is 10.5. The monoisotopic (exact) mass is 250 g/mol. The quantitative estimate of drug-likeness (QED) is 0.738. The summed E-state index contributed by atoms with van der Waals surface area (Å²) in [6.07, 6.45) is 1.54. The van der Waals surface area contributed by atoms with Crippen molar-refractivity contribution in [3.8, 4) is 11.4 Å². The average molecular weight is 250 g/mol. The highest BCUT2D eigenvalue weighted by atomic mass is 16.5. The van der Waals surface area contributed by atoms with Gasteiger partial charge in [-0.25, -0.2) is 4.68 Å². The first-order chi connectivity index (χ1) is 8.77. The number of ether oxygens (including phenoxy) is 1. The molecule has 0 amide bonds. The molecule has 6 nitrogen and oxygen atoms in total. The standard InChI is InChI=1S/C11H13N3O2.CH5N/c1-16-10-5-3-2-4-9(10)14-11(12)8(7-15)6-13-14;1-2/h2-6,15H,7,12H2,1H3;2H2,1H3. The highest BCUT2D eigenvalue weighted by molar-refractivity contribution is 5.53. The summed E-state index contributed by atoms with van der Waals surface area (Å²) in [7, 11) is 3.09. The van der Waals surface area contributed by atoms with Crippen molar-refractivity contribution in [2.45, 2.75) is 6.61 Å². The van der Waals surface area contributed by atoms with E-state index >= 15 is 0 Å². The number of hydrogen-bond acceptors (Lipinski definition) is 5. The molecule has 1 heterocycles. The van der Waals surface area contributed by atoms with Gasteiger partial charge in [0.25, 0.3) is 0 Å². The lowest BCUT2D eigenvalue weighted by Crippen LogP contribution is -2.04. The Morgan fingerprint density at radius 3 is 2.56 bits per heavy atom. The third kappa shape index (κ3) is 2.61. The van der Waals surface area contributed by atoms with E-state index in [2.05, 4.69) is 10.8 Å². The third-order valence-electron chi connectivity index (χ3n) is 2.37. The topological polar surface area (TPSA) is 99.3 Å². The predicted octanol–water partition coefficient (Wildman–Crippen LogP) is 0.530. The van der Waals surface area contributed by atoms with E-state index in [0.717, 1.165) is 5.69 Å². The molecule has 5 N–H and O–H groups in total. The van der Waals surface area contributed by atoms with Crippen LogP contribution in [0.25, 0.3) is 5.69 Å². The largest absolute Gasteiger partial charge is 0.494 e. The molecule has 2 aromatic rings. The van der Waals surface area contributed by atoms with E-state index in [4.69, 9.17) is 15.6 Å². The summed E-state index contributed by atoms with van der Waals surface area (Å²) in [6.45, 7) is -0.124.